The summed E-state index contributed by atoms with van der Waals surface area (Å²) in [4.78, 5) is 11.2. The van der Waals surface area contributed by atoms with Crippen molar-refractivity contribution in [3.63, 3.8) is 0 Å². The zero-order valence-electron chi connectivity index (χ0n) is 6.39. The number of nitrogens with zero attached hydrogens (tertiary/aromatic N) is 1. The van der Waals surface area contributed by atoms with E-state index in [2.05, 4.69) is 0 Å². The lowest BCUT2D eigenvalue weighted by atomic mass is 10.0. The molecule has 0 aromatic carbocycles. The van der Waals surface area contributed by atoms with E-state index >= 15 is 0 Å². The van der Waals surface area contributed by atoms with E-state index in [-0.39, 0.29) is 6.54 Å². The molecule has 0 aromatic heterocycles. The van der Waals surface area contributed by atoms with Gasteiger partial charge in [0.25, 0.3) is 5.92 Å². The van der Waals surface area contributed by atoms with Crippen molar-refractivity contribution in [2.24, 2.45) is 5.41 Å². The predicted molar refractivity (Wildman–Crippen MR) is 36.2 cm³/mol. The zero-order valence-corrected chi connectivity index (χ0v) is 6.39. The molecule has 1 aliphatic heterocycles. The molecule has 0 bridgehead atoms. The van der Waals surface area contributed by atoms with Crippen LogP contribution in [0.25, 0.3) is 0 Å². The lowest BCUT2D eigenvalue weighted by molar-refractivity contribution is -0.0378. The van der Waals surface area contributed by atoms with Crippen LogP contribution in [-0.4, -0.2) is 35.1 Å². The van der Waals surface area contributed by atoms with Crippen LogP contribution in [0.3, 0.4) is 0 Å². The highest BCUT2D eigenvalue weighted by atomic mass is 19.3. The van der Waals surface area contributed by atoms with Gasteiger partial charge >= 0.3 is 6.09 Å². The molecule has 0 atom stereocenters. The molecule has 0 radical (unpaired) electrons. The first-order valence-electron chi connectivity index (χ1n) is 3.83. The number of alkyl halides is 2. The molecule has 1 N–H and O–H groups in total. The molecule has 1 saturated carbocycles. The number of halogens is 2. The summed E-state index contributed by atoms with van der Waals surface area (Å²) in [6.45, 7) is -0.613. The van der Waals surface area contributed by atoms with Crippen molar-refractivity contribution in [3.05, 3.63) is 0 Å². The Labute approximate surface area is 68.0 Å². The van der Waals surface area contributed by atoms with Gasteiger partial charge in [0.15, 0.2) is 0 Å². The first-order valence-corrected chi connectivity index (χ1v) is 3.83. The summed E-state index contributed by atoms with van der Waals surface area (Å²) in [5.74, 6) is -2.80. The maximum Gasteiger partial charge on any atom is 0.407 e. The van der Waals surface area contributed by atoms with Crippen LogP contribution in [-0.2, 0) is 0 Å². The van der Waals surface area contributed by atoms with Gasteiger partial charge in [-0.1, -0.05) is 0 Å². The number of carbonyl (C=O) groups is 1. The van der Waals surface area contributed by atoms with E-state index in [0.29, 0.717) is 12.8 Å². The van der Waals surface area contributed by atoms with Gasteiger partial charge in [-0.2, -0.15) is 0 Å². The highest BCUT2D eigenvalue weighted by molar-refractivity contribution is 5.66. The Morgan fingerprint density at radius 3 is 2.17 bits per heavy atom. The Balaban J connectivity index is 2.17. The third-order valence-electron chi connectivity index (χ3n) is 2.78. The van der Waals surface area contributed by atoms with Crippen molar-refractivity contribution < 1.29 is 18.7 Å². The predicted octanol–water partition coefficient (Wildman–Crippen LogP) is 1.40. The first kappa shape index (κ1) is 7.76. The fraction of sp³-hybridized carbons (Fsp3) is 0.857. The molecule has 1 amide bonds. The van der Waals surface area contributed by atoms with Crippen LogP contribution in [0.4, 0.5) is 13.6 Å². The second-order valence-electron chi connectivity index (χ2n) is 3.62. The van der Waals surface area contributed by atoms with Crippen LogP contribution in [0.15, 0.2) is 0 Å². The molecule has 0 aromatic rings. The van der Waals surface area contributed by atoms with Gasteiger partial charge in [0.1, 0.15) is 0 Å². The molecule has 2 aliphatic rings. The number of likely N-dealkylation sites (tertiary alicyclic amines) is 1. The topological polar surface area (TPSA) is 40.5 Å². The lowest BCUT2D eigenvalue weighted by Crippen LogP contribution is -2.30. The summed E-state index contributed by atoms with van der Waals surface area (Å²) in [5.41, 5.74) is -0.995. The van der Waals surface area contributed by atoms with Gasteiger partial charge in [-0.05, 0) is 12.8 Å². The van der Waals surface area contributed by atoms with E-state index in [9.17, 15) is 13.6 Å². The van der Waals surface area contributed by atoms with Gasteiger partial charge < -0.3 is 10.0 Å². The van der Waals surface area contributed by atoms with Gasteiger partial charge in [0, 0.05) is 6.54 Å². The summed E-state index contributed by atoms with van der Waals surface area (Å²) in [6, 6.07) is 0. The molecule has 1 heterocycles. The molecule has 3 nitrogen and oxygen atoms in total. The Kier molecular flexibility index (Phi) is 1.22. The van der Waals surface area contributed by atoms with Crippen molar-refractivity contribution in [2.75, 3.05) is 13.1 Å². The number of amides is 1. The molecule has 5 heteroatoms. The second-order valence-corrected chi connectivity index (χ2v) is 3.62. The molecule has 1 saturated heterocycles. The van der Waals surface area contributed by atoms with Gasteiger partial charge in [0.05, 0.1) is 12.0 Å². The molecule has 68 valence electrons. The van der Waals surface area contributed by atoms with Crippen molar-refractivity contribution in [1.82, 2.24) is 4.90 Å². The van der Waals surface area contributed by atoms with Crippen LogP contribution >= 0.6 is 0 Å². The highest BCUT2D eigenvalue weighted by Crippen LogP contribution is 2.60. The monoisotopic (exact) mass is 177 g/mol. The van der Waals surface area contributed by atoms with Gasteiger partial charge in [-0.3, -0.25) is 0 Å². The molecular weight excluding hydrogens is 168 g/mol. The van der Waals surface area contributed by atoms with Crippen molar-refractivity contribution in [1.29, 1.82) is 0 Å². The standard InChI is InChI=1S/C7H9F2NO2/c8-7(9)4-10(5(11)12)3-6(7)1-2-6/h1-4H2,(H,11,12). The third-order valence-corrected chi connectivity index (χ3v) is 2.78. The highest BCUT2D eigenvalue weighted by Gasteiger charge is 2.67. The summed E-state index contributed by atoms with van der Waals surface area (Å²) in [5, 5.41) is 8.50. The van der Waals surface area contributed by atoms with E-state index in [0.717, 1.165) is 4.90 Å². The number of carboxylic acid groups (broad SMARTS) is 1. The van der Waals surface area contributed by atoms with Gasteiger partial charge in [-0.15, -0.1) is 0 Å². The Hall–Kier alpha value is -0.870. The van der Waals surface area contributed by atoms with Crippen LogP contribution < -0.4 is 0 Å². The van der Waals surface area contributed by atoms with E-state index in [1.807, 2.05) is 0 Å². The Bertz CT molecular complexity index is 232. The summed E-state index contributed by atoms with van der Waals surface area (Å²) in [6.07, 6.45) is -0.313. The van der Waals surface area contributed by atoms with E-state index < -0.39 is 24.0 Å². The van der Waals surface area contributed by atoms with Gasteiger partial charge in [0.2, 0.25) is 0 Å². The van der Waals surface area contributed by atoms with E-state index in [1.54, 1.807) is 0 Å². The zero-order chi connectivity index (χ0) is 8.98. The molecule has 1 spiro atoms. The quantitative estimate of drug-likeness (QED) is 0.607. The van der Waals surface area contributed by atoms with E-state index in [4.69, 9.17) is 5.11 Å². The largest absolute Gasteiger partial charge is 0.465 e. The van der Waals surface area contributed by atoms with Crippen molar-refractivity contribution >= 4 is 6.09 Å². The average molecular weight is 177 g/mol. The Morgan fingerprint density at radius 2 is 1.92 bits per heavy atom. The van der Waals surface area contributed by atoms with Crippen LogP contribution in [0, 0.1) is 5.41 Å². The first-order chi connectivity index (χ1) is 5.47. The van der Waals surface area contributed by atoms with Crippen molar-refractivity contribution in [3.8, 4) is 0 Å². The smallest absolute Gasteiger partial charge is 0.407 e. The number of hydrogen-bond acceptors (Lipinski definition) is 1. The maximum atomic E-state index is 13.1. The fourth-order valence-corrected chi connectivity index (χ4v) is 1.75. The number of rotatable bonds is 0. The average Bonchev–Trinajstić information content (AvgIpc) is 2.61. The van der Waals surface area contributed by atoms with Crippen LogP contribution in [0.5, 0.6) is 0 Å². The van der Waals surface area contributed by atoms with E-state index in [1.165, 1.54) is 0 Å². The molecular formula is C7H9F2NO2. The van der Waals surface area contributed by atoms with Crippen LogP contribution in [0.2, 0.25) is 0 Å². The second kappa shape index (κ2) is 1.89. The maximum absolute atomic E-state index is 13.1. The Morgan fingerprint density at radius 1 is 1.33 bits per heavy atom. The summed E-state index contributed by atoms with van der Waals surface area (Å²) < 4.78 is 26.2. The normalized spacial score (nSPS) is 29.3. The molecule has 2 rings (SSSR count). The third kappa shape index (κ3) is 0.820. The summed E-state index contributed by atoms with van der Waals surface area (Å²) in [7, 11) is 0. The minimum absolute atomic E-state index is 0.00926. The minimum Gasteiger partial charge on any atom is -0.465 e. The molecule has 0 unspecified atom stereocenters. The number of hydrogen-bond donors (Lipinski definition) is 1. The lowest BCUT2D eigenvalue weighted by Gasteiger charge is -2.14. The van der Waals surface area contributed by atoms with Gasteiger partial charge in [-0.25, -0.2) is 13.6 Å². The molecule has 12 heavy (non-hydrogen) atoms. The minimum atomic E-state index is -2.80. The van der Waals surface area contributed by atoms with Crippen molar-refractivity contribution in [2.45, 2.75) is 18.8 Å². The summed E-state index contributed by atoms with van der Waals surface area (Å²) >= 11 is 0. The SMILES string of the molecule is O=C(O)N1CC(F)(F)C2(CC2)C1. The molecule has 1 aliphatic carbocycles. The van der Waals surface area contributed by atoms with Crippen LogP contribution in [0.1, 0.15) is 12.8 Å². The fourth-order valence-electron chi connectivity index (χ4n) is 1.75. The molecule has 2 fully saturated rings.